The molecule has 1 heterocycles. The SMILES string of the molecule is CCN(c1noc([C@@H](N)CS)n1)C(C)C. The molecule has 0 amide bonds. The molecule has 1 aromatic rings. The fourth-order valence-corrected chi connectivity index (χ4v) is 1.47. The molecule has 1 aromatic heterocycles. The average Bonchev–Trinajstić information content (AvgIpc) is 2.66. The lowest BCUT2D eigenvalue weighted by atomic mass is 10.3. The zero-order chi connectivity index (χ0) is 11.4. The van der Waals surface area contributed by atoms with E-state index in [4.69, 9.17) is 10.3 Å². The number of thiol groups is 1. The highest BCUT2D eigenvalue weighted by molar-refractivity contribution is 7.80. The van der Waals surface area contributed by atoms with E-state index in [1.807, 2.05) is 4.90 Å². The second kappa shape index (κ2) is 5.37. The zero-order valence-electron chi connectivity index (χ0n) is 9.34. The van der Waals surface area contributed by atoms with E-state index in [1.54, 1.807) is 0 Å². The number of nitrogens with zero attached hydrogens (tertiary/aromatic N) is 3. The summed E-state index contributed by atoms with van der Waals surface area (Å²) in [6, 6.07) is 0.0492. The van der Waals surface area contributed by atoms with Crippen molar-refractivity contribution in [1.29, 1.82) is 0 Å². The Labute approximate surface area is 95.4 Å². The Morgan fingerprint density at radius 3 is 2.67 bits per heavy atom. The summed E-state index contributed by atoms with van der Waals surface area (Å²) in [5.41, 5.74) is 5.73. The van der Waals surface area contributed by atoms with Crippen LogP contribution in [0.1, 0.15) is 32.7 Å². The molecule has 0 radical (unpaired) electrons. The van der Waals surface area contributed by atoms with Crippen molar-refractivity contribution in [2.45, 2.75) is 32.9 Å². The Morgan fingerprint density at radius 1 is 1.53 bits per heavy atom. The second-order valence-electron chi connectivity index (χ2n) is 3.60. The summed E-state index contributed by atoms with van der Waals surface area (Å²) in [6.45, 7) is 7.05. The van der Waals surface area contributed by atoms with Gasteiger partial charge in [0.15, 0.2) is 0 Å². The zero-order valence-corrected chi connectivity index (χ0v) is 10.2. The van der Waals surface area contributed by atoms with E-state index < -0.39 is 0 Å². The van der Waals surface area contributed by atoms with Crippen LogP contribution in [0.5, 0.6) is 0 Å². The van der Waals surface area contributed by atoms with Gasteiger partial charge in [0.25, 0.3) is 5.95 Å². The van der Waals surface area contributed by atoms with Crippen molar-refractivity contribution in [3.8, 4) is 0 Å². The lowest BCUT2D eigenvalue weighted by molar-refractivity contribution is 0.361. The van der Waals surface area contributed by atoms with Gasteiger partial charge in [-0.15, -0.1) is 0 Å². The van der Waals surface area contributed by atoms with E-state index in [-0.39, 0.29) is 6.04 Å². The molecule has 15 heavy (non-hydrogen) atoms. The third-order valence-corrected chi connectivity index (χ3v) is 2.56. The molecular formula is C9H18N4OS. The molecule has 1 rings (SSSR count). The third kappa shape index (κ3) is 2.85. The summed E-state index contributed by atoms with van der Waals surface area (Å²) in [7, 11) is 0. The van der Waals surface area contributed by atoms with E-state index >= 15 is 0 Å². The maximum absolute atomic E-state index is 5.73. The Hall–Kier alpha value is -0.750. The van der Waals surface area contributed by atoms with E-state index in [0.717, 1.165) is 6.54 Å². The fraction of sp³-hybridized carbons (Fsp3) is 0.778. The van der Waals surface area contributed by atoms with Gasteiger partial charge < -0.3 is 15.2 Å². The summed E-state index contributed by atoms with van der Waals surface area (Å²) >= 11 is 4.09. The number of hydrogen-bond acceptors (Lipinski definition) is 6. The monoisotopic (exact) mass is 230 g/mol. The Morgan fingerprint density at radius 2 is 2.20 bits per heavy atom. The summed E-state index contributed by atoms with van der Waals surface area (Å²) < 4.78 is 5.07. The van der Waals surface area contributed by atoms with Crippen LogP contribution in [0.2, 0.25) is 0 Å². The summed E-state index contributed by atoms with van der Waals surface area (Å²) in [5.74, 6) is 1.54. The molecule has 2 N–H and O–H groups in total. The molecule has 1 atom stereocenters. The van der Waals surface area contributed by atoms with Crippen LogP contribution in [0.15, 0.2) is 4.52 Å². The molecule has 0 aromatic carbocycles. The molecule has 0 bridgehead atoms. The van der Waals surface area contributed by atoms with Gasteiger partial charge in [0.1, 0.15) is 0 Å². The minimum atomic E-state index is -0.291. The number of rotatable bonds is 5. The van der Waals surface area contributed by atoms with Gasteiger partial charge in [0.05, 0.1) is 6.04 Å². The lowest BCUT2D eigenvalue weighted by Crippen LogP contribution is -2.31. The normalized spacial score (nSPS) is 13.2. The first-order valence-electron chi connectivity index (χ1n) is 5.06. The van der Waals surface area contributed by atoms with Crippen molar-refractivity contribution < 1.29 is 4.52 Å². The Bertz CT molecular complexity index is 302. The summed E-state index contributed by atoms with van der Waals surface area (Å²) in [4.78, 5) is 6.29. The van der Waals surface area contributed by atoms with Gasteiger partial charge in [-0.2, -0.15) is 17.6 Å². The first-order chi connectivity index (χ1) is 7.10. The van der Waals surface area contributed by atoms with Crippen molar-refractivity contribution in [1.82, 2.24) is 10.1 Å². The molecule has 0 aliphatic rings. The van der Waals surface area contributed by atoms with Crippen LogP contribution in [-0.4, -0.2) is 28.5 Å². The molecule has 0 fully saturated rings. The largest absolute Gasteiger partial charge is 0.336 e. The Kier molecular flexibility index (Phi) is 4.41. The van der Waals surface area contributed by atoms with Gasteiger partial charge in [-0.3, -0.25) is 0 Å². The van der Waals surface area contributed by atoms with Gasteiger partial charge in [-0.05, 0) is 25.9 Å². The van der Waals surface area contributed by atoms with Gasteiger partial charge in [-0.25, -0.2) is 0 Å². The standard InChI is InChI=1S/C9H18N4OS/c1-4-13(6(2)3)9-11-8(14-12-9)7(10)5-15/h6-7,15H,4-5,10H2,1-3H3/t7-/m0/s1. The van der Waals surface area contributed by atoms with Crippen molar-refractivity contribution in [2.24, 2.45) is 5.73 Å². The van der Waals surface area contributed by atoms with Crippen LogP contribution in [0.3, 0.4) is 0 Å². The third-order valence-electron chi connectivity index (χ3n) is 2.17. The van der Waals surface area contributed by atoms with Gasteiger partial charge >= 0.3 is 0 Å². The molecule has 0 saturated heterocycles. The minimum Gasteiger partial charge on any atom is -0.336 e. The number of aromatic nitrogens is 2. The summed E-state index contributed by atoms with van der Waals surface area (Å²) in [6.07, 6.45) is 0. The average molecular weight is 230 g/mol. The predicted octanol–water partition coefficient (Wildman–Crippen LogP) is 1.23. The summed E-state index contributed by atoms with van der Waals surface area (Å²) in [5, 5.41) is 3.90. The van der Waals surface area contributed by atoms with E-state index in [2.05, 4.69) is 43.5 Å². The van der Waals surface area contributed by atoms with Crippen molar-refractivity contribution >= 4 is 18.6 Å². The molecule has 0 aliphatic carbocycles. The predicted molar refractivity (Wildman–Crippen MR) is 63.2 cm³/mol. The van der Waals surface area contributed by atoms with Crippen LogP contribution < -0.4 is 10.6 Å². The van der Waals surface area contributed by atoms with Crippen molar-refractivity contribution in [3.05, 3.63) is 5.89 Å². The highest BCUT2D eigenvalue weighted by Crippen LogP contribution is 2.16. The first-order valence-corrected chi connectivity index (χ1v) is 5.70. The molecule has 0 unspecified atom stereocenters. The van der Waals surface area contributed by atoms with Crippen LogP contribution in [0.25, 0.3) is 0 Å². The van der Waals surface area contributed by atoms with Crippen molar-refractivity contribution in [3.63, 3.8) is 0 Å². The topological polar surface area (TPSA) is 68.2 Å². The van der Waals surface area contributed by atoms with Gasteiger partial charge in [0.2, 0.25) is 5.89 Å². The quantitative estimate of drug-likeness (QED) is 0.745. The smallest absolute Gasteiger partial charge is 0.266 e. The fourth-order valence-electron chi connectivity index (χ4n) is 1.31. The molecule has 5 nitrogen and oxygen atoms in total. The maximum atomic E-state index is 5.73. The van der Waals surface area contributed by atoms with Gasteiger partial charge in [0, 0.05) is 18.3 Å². The van der Waals surface area contributed by atoms with Gasteiger partial charge in [-0.1, -0.05) is 0 Å². The minimum absolute atomic E-state index is 0.291. The van der Waals surface area contributed by atoms with Crippen LogP contribution in [0, 0.1) is 0 Å². The highest BCUT2D eigenvalue weighted by Gasteiger charge is 2.18. The highest BCUT2D eigenvalue weighted by atomic mass is 32.1. The van der Waals surface area contributed by atoms with Crippen LogP contribution >= 0.6 is 12.6 Å². The molecule has 0 aliphatic heterocycles. The number of nitrogens with two attached hydrogens (primary N) is 1. The molecule has 0 saturated carbocycles. The first kappa shape index (κ1) is 12.3. The van der Waals surface area contributed by atoms with Crippen LogP contribution in [-0.2, 0) is 0 Å². The van der Waals surface area contributed by atoms with E-state index in [0.29, 0.717) is 23.6 Å². The number of anilines is 1. The lowest BCUT2D eigenvalue weighted by Gasteiger charge is -2.22. The molecule has 86 valence electrons. The van der Waals surface area contributed by atoms with E-state index in [1.165, 1.54) is 0 Å². The second-order valence-corrected chi connectivity index (χ2v) is 3.97. The molecule has 6 heteroatoms. The molecule has 0 spiro atoms. The maximum Gasteiger partial charge on any atom is 0.266 e. The Balaban J connectivity index is 2.82. The van der Waals surface area contributed by atoms with E-state index in [9.17, 15) is 0 Å². The van der Waals surface area contributed by atoms with Crippen molar-refractivity contribution in [2.75, 3.05) is 17.2 Å². The van der Waals surface area contributed by atoms with Crippen LogP contribution in [0.4, 0.5) is 5.95 Å². The number of hydrogen-bond donors (Lipinski definition) is 2. The molecular weight excluding hydrogens is 212 g/mol.